The summed E-state index contributed by atoms with van der Waals surface area (Å²) in [6.07, 6.45) is 3.22. The fourth-order valence-electron chi connectivity index (χ4n) is 2.31. The second kappa shape index (κ2) is 10.6. The number of carbonyl (C=O) groups excluding carboxylic acids is 1. The van der Waals surface area contributed by atoms with Gasteiger partial charge in [0.05, 0.1) is 0 Å². The van der Waals surface area contributed by atoms with E-state index in [4.69, 9.17) is 4.74 Å². The van der Waals surface area contributed by atoms with Crippen LogP contribution in [-0.4, -0.2) is 37.4 Å². The average molecular weight is 406 g/mol. The lowest BCUT2D eigenvalue weighted by Gasteiger charge is -2.24. The van der Waals surface area contributed by atoms with Crippen LogP contribution >= 0.6 is 0 Å². The molecule has 0 aromatic rings. The molecule has 0 aliphatic carbocycles. The van der Waals surface area contributed by atoms with E-state index in [0.717, 1.165) is 6.08 Å². The van der Waals surface area contributed by atoms with Gasteiger partial charge in [-0.15, -0.1) is 0 Å². The van der Waals surface area contributed by atoms with E-state index in [-0.39, 0.29) is 23.1 Å². The third-order valence-electron chi connectivity index (χ3n) is 3.16. The number of quaternary nitrogens is 1. The first kappa shape index (κ1) is 25.3. The topological polar surface area (TPSA) is 132 Å². The monoisotopic (exact) mass is 405 g/mol. The first-order chi connectivity index (χ1) is 12.2. The number of amides is 1. The normalized spacial score (nSPS) is 17.0. The van der Waals surface area contributed by atoms with E-state index in [1.807, 2.05) is 0 Å². The first-order valence-electron chi connectivity index (χ1n) is 8.48. The summed E-state index contributed by atoms with van der Waals surface area (Å²) in [5.41, 5.74) is -1.02. The number of sulfonamides is 1. The van der Waals surface area contributed by atoms with Gasteiger partial charge >= 0.3 is 6.09 Å². The molecule has 0 fully saturated rings. The van der Waals surface area contributed by atoms with Gasteiger partial charge in [-0.05, 0) is 48.0 Å². The number of nitrogens with one attached hydrogen (secondary N) is 3. The van der Waals surface area contributed by atoms with Gasteiger partial charge in [0, 0.05) is 18.2 Å². The summed E-state index contributed by atoms with van der Waals surface area (Å²) >= 11 is 0. The minimum Gasteiger partial charge on any atom is -0.595 e. The Hall–Kier alpha value is -1.72. The van der Waals surface area contributed by atoms with Crippen LogP contribution in [0.2, 0.25) is 0 Å². The molecule has 0 aromatic heterocycles. The predicted molar refractivity (Wildman–Crippen MR) is 103 cm³/mol. The summed E-state index contributed by atoms with van der Waals surface area (Å²) in [4.78, 5) is 11.4. The van der Waals surface area contributed by atoms with Gasteiger partial charge < -0.3 is 15.3 Å². The molecule has 0 bridgehead atoms. The summed E-state index contributed by atoms with van der Waals surface area (Å²) in [5.74, 6) is 0. The Balaban J connectivity index is 5.06. The highest BCUT2D eigenvalue weighted by atomic mass is 32.2. The molecule has 0 saturated heterocycles. The lowest BCUT2D eigenvalue weighted by Crippen LogP contribution is -3.02. The van der Waals surface area contributed by atoms with Crippen LogP contribution in [-0.2, 0) is 14.8 Å². The van der Waals surface area contributed by atoms with E-state index < -0.39 is 33.0 Å². The summed E-state index contributed by atoms with van der Waals surface area (Å²) in [6.45, 7) is 13.4. The van der Waals surface area contributed by atoms with Crippen molar-refractivity contribution in [1.29, 1.82) is 0 Å². The molecular formula is C17H31N3O6S. The molecule has 0 spiro atoms. The molecule has 10 heteroatoms. The second-order valence-corrected chi connectivity index (χ2v) is 8.76. The lowest BCUT2D eigenvalue weighted by molar-refractivity contribution is -1.01. The molecular weight excluding hydrogens is 374 g/mol. The van der Waals surface area contributed by atoms with E-state index in [2.05, 4.69) is 16.6 Å². The molecule has 0 aliphatic heterocycles. The van der Waals surface area contributed by atoms with Crippen LogP contribution in [0.3, 0.4) is 0 Å². The molecule has 0 radical (unpaired) electrons. The molecule has 156 valence electrons. The number of rotatable bonds is 9. The molecule has 0 rings (SSSR count). The van der Waals surface area contributed by atoms with Crippen LogP contribution < -0.4 is 15.3 Å². The average Bonchev–Trinajstić information content (AvgIpc) is 2.43. The van der Waals surface area contributed by atoms with Gasteiger partial charge in [-0.2, -0.15) is 5.23 Å². The number of hydrogen-bond acceptors (Lipinski definition) is 6. The van der Waals surface area contributed by atoms with Crippen molar-refractivity contribution in [1.82, 2.24) is 10.0 Å². The zero-order valence-corrected chi connectivity index (χ0v) is 17.5. The molecule has 0 heterocycles. The quantitative estimate of drug-likeness (QED) is 0.338. The van der Waals surface area contributed by atoms with Crippen LogP contribution in [0.5, 0.6) is 0 Å². The van der Waals surface area contributed by atoms with Crippen molar-refractivity contribution in [3.05, 3.63) is 40.6 Å². The highest BCUT2D eigenvalue weighted by Crippen LogP contribution is 2.14. The molecule has 1 amide bonds. The van der Waals surface area contributed by atoms with E-state index in [9.17, 15) is 23.6 Å². The van der Waals surface area contributed by atoms with E-state index in [1.165, 1.54) is 19.1 Å². The molecule has 3 unspecified atom stereocenters. The Morgan fingerprint density at radius 3 is 2.30 bits per heavy atom. The second-order valence-electron chi connectivity index (χ2n) is 7.08. The summed E-state index contributed by atoms with van der Waals surface area (Å²) in [6, 6.07) is -0.928. The maximum atomic E-state index is 12.6. The van der Waals surface area contributed by atoms with Crippen LogP contribution in [0.25, 0.3) is 0 Å². The molecule has 27 heavy (non-hydrogen) atoms. The Labute approximate surface area is 161 Å². The number of alkyl carbamates (subject to hydrolysis) is 1. The zero-order chi connectivity index (χ0) is 21.4. The van der Waals surface area contributed by atoms with Crippen LogP contribution in [0.1, 0.15) is 48.0 Å². The number of ether oxygens (including phenoxy) is 1. The maximum absolute atomic E-state index is 12.6. The molecule has 3 atom stereocenters. The third kappa shape index (κ3) is 9.68. The standard InChI is InChI=1S/C17H31N3O6S/c1-8-10-14(20(22)23)15(9-2)27(24,25)19-13(4)11-12(3)18-16(21)26-17(5,6)7/h8-10,12-13,19-20,22H,1,11H2,2-7H3,(H,18,21)/b14-10+,15-9+. The number of carbonyl (C=O) groups is 1. The van der Waals surface area contributed by atoms with Crippen molar-refractivity contribution in [3.8, 4) is 0 Å². The van der Waals surface area contributed by atoms with Gasteiger partial charge in [0.1, 0.15) is 10.5 Å². The zero-order valence-electron chi connectivity index (χ0n) is 16.7. The first-order valence-corrected chi connectivity index (χ1v) is 9.96. The molecule has 0 saturated carbocycles. The Bertz CT molecular complexity index is 677. The van der Waals surface area contributed by atoms with Crippen molar-refractivity contribution >= 4 is 16.1 Å². The summed E-state index contributed by atoms with van der Waals surface area (Å²) in [7, 11) is -4.07. The van der Waals surface area contributed by atoms with E-state index in [1.54, 1.807) is 34.6 Å². The molecule has 4 N–H and O–H groups in total. The minimum atomic E-state index is -4.07. The summed E-state index contributed by atoms with van der Waals surface area (Å²) in [5, 5.41) is 21.8. The van der Waals surface area contributed by atoms with Crippen molar-refractivity contribution in [2.75, 3.05) is 0 Å². The maximum Gasteiger partial charge on any atom is 0.407 e. The summed E-state index contributed by atoms with van der Waals surface area (Å²) < 4.78 is 32.7. The highest BCUT2D eigenvalue weighted by Gasteiger charge is 2.28. The third-order valence-corrected chi connectivity index (χ3v) is 4.91. The Morgan fingerprint density at radius 2 is 1.89 bits per heavy atom. The van der Waals surface area contributed by atoms with Crippen molar-refractivity contribution in [2.24, 2.45) is 0 Å². The SMILES string of the molecule is C=C/C=C(\C(=C/C)S(=O)(=O)NC(C)CC(C)NC(=O)OC(C)(C)C)[NH+]([O-])O. The fourth-order valence-corrected chi connectivity index (χ4v) is 3.81. The molecule has 9 nitrogen and oxygen atoms in total. The smallest absolute Gasteiger partial charge is 0.407 e. The highest BCUT2D eigenvalue weighted by molar-refractivity contribution is 7.93. The lowest BCUT2D eigenvalue weighted by atomic mass is 10.1. The van der Waals surface area contributed by atoms with Crippen molar-refractivity contribution < 1.29 is 28.4 Å². The van der Waals surface area contributed by atoms with Gasteiger partial charge in [-0.3, -0.25) is 0 Å². The van der Waals surface area contributed by atoms with E-state index >= 15 is 0 Å². The Morgan fingerprint density at radius 1 is 1.33 bits per heavy atom. The van der Waals surface area contributed by atoms with Gasteiger partial charge in [0.2, 0.25) is 10.0 Å². The fraction of sp³-hybridized carbons (Fsp3) is 0.588. The number of allylic oxidation sites excluding steroid dienone is 3. The van der Waals surface area contributed by atoms with Crippen molar-refractivity contribution in [3.63, 3.8) is 0 Å². The minimum absolute atomic E-state index is 0.281. The van der Waals surface area contributed by atoms with Crippen LogP contribution in [0, 0.1) is 5.21 Å². The largest absolute Gasteiger partial charge is 0.595 e. The van der Waals surface area contributed by atoms with Gasteiger partial charge in [-0.1, -0.05) is 18.7 Å². The van der Waals surface area contributed by atoms with E-state index in [0.29, 0.717) is 0 Å². The number of hydrogen-bond donors (Lipinski definition) is 4. The van der Waals surface area contributed by atoms with Crippen LogP contribution in [0.15, 0.2) is 35.4 Å². The van der Waals surface area contributed by atoms with Gasteiger partial charge in [0.25, 0.3) is 0 Å². The van der Waals surface area contributed by atoms with Crippen LogP contribution in [0.4, 0.5) is 4.79 Å². The predicted octanol–water partition coefficient (Wildman–Crippen LogP) is 1.34. The molecule has 0 aromatic carbocycles. The molecule has 0 aliphatic rings. The van der Waals surface area contributed by atoms with Gasteiger partial charge in [0.15, 0.2) is 5.70 Å². The van der Waals surface area contributed by atoms with Crippen molar-refractivity contribution in [2.45, 2.75) is 65.6 Å². The number of hydroxylamine groups is 2. The van der Waals surface area contributed by atoms with Gasteiger partial charge in [-0.25, -0.2) is 23.1 Å². The Kier molecular flexibility index (Phi) is 9.90.